The van der Waals surface area contributed by atoms with Crippen LogP contribution in [-0.4, -0.2) is 58.8 Å². The smallest absolute Gasteiger partial charge is 0.409 e. The molecule has 0 N–H and O–H groups in total. The lowest BCUT2D eigenvalue weighted by molar-refractivity contribution is 0.0769. The van der Waals surface area contributed by atoms with E-state index in [1.807, 2.05) is 38.1 Å². The molecule has 0 atom stereocenters. The maximum absolute atomic E-state index is 11.7. The van der Waals surface area contributed by atoms with Crippen molar-refractivity contribution in [1.82, 2.24) is 19.9 Å². The third-order valence-corrected chi connectivity index (χ3v) is 4.00. The fourth-order valence-electron chi connectivity index (χ4n) is 2.72. The first-order chi connectivity index (χ1) is 11.7. The molecule has 7 heteroatoms. The molecule has 0 bridgehead atoms. The normalized spacial score (nSPS) is 15.5. The predicted octanol–water partition coefficient (Wildman–Crippen LogP) is 2.32. The van der Waals surface area contributed by atoms with Gasteiger partial charge >= 0.3 is 6.09 Å². The van der Waals surface area contributed by atoms with Crippen LogP contribution in [0.25, 0.3) is 11.5 Å². The van der Waals surface area contributed by atoms with Gasteiger partial charge in [-0.3, -0.25) is 4.90 Å². The third kappa shape index (κ3) is 3.91. The van der Waals surface area contributed by atoms with Crippen LogP contribution in [0.5, 0.6) is 0 Å². The van der Waals surface area contributed by atoms with Gasteiger partial charge in [0.05, 0.1) is 13.2 Å². The van der Waals surface area contributed by atoms with Crippen LogP contribution in [0.3, 0.4) is 0 Å². The van der Waals surface area contributed by atoms with Crippen LogP contribution in [0.1, 0.15) is 18.3 Å². The first-order valence-corrected chi connectivity index (χ1v) is 8.19. The summed E-state index contributed by atoms with van der Waals surface area (Å²) in [5, 5.41) is 4.07. The molecular weight excluding hydrogens is 308 g/mol. The Morgan fingerprint density at radius 2 is 2.08 bits per heavy atom. The number of aryl methyl sites for hydroxylation is 1. The molecule has 1 aliphatic heterocycles. The maximum Gasteiger partial charge on any atom is 0.409 e. The lowest BCUT2D eigenvalue weighted by atomic mass is 10.1. The summed E-state index contributed by atoms with van der Waals surface area (Å²) in [5.41, 5.74) is 2.09. The van der Waals surface area contributed by atoms with Gasteiger partial charge in [0.25, 0.3) is 5.89 Å². The number of hydrogen-bond donors (Lipinski definition) is 0. The van der Waals surface area contributed by atoms with Gasteiger partial charge < -0.3 is 14.2 Å². The van der Waals surface area contributed by atoms with E-state index in [0.717, 1.165) is 24.2 Å². The second-order valence-corrected chi connectivity index (χ2v) is 5.85. The second-order valence-electron chi connectivity index (χ2n) is 5.85. The van der Waals surface area contributed by atoms with E-state index in [4.69, 9.17) is 9.26 Å². The number of aromatic nitrogens is 2. The van der Waals surface area contributed by atoms with Crippen LogP contribution in [0, 0.1) is 6.92 Å². The van der Waals surface area contributed by atoms with Gasteiger partial charge in [-0.05, 0) is 26.0 Å². The lowest BCUT2D eigenvalue weighted by Crippen LogP contribution is -2.48. The summed E-state index contributed by atoms with van der Waals surface area (Å²) in [6.07, 6.45) is -0.238. The molecule has 24 heavy (non-hydrogen) atoms. The molecule has 1 fully saturated rings. The Morgan fingerprint density at radius 3 is 2.79 bits per heavy atom. The number of benzene rings is 1. The zero-order valence-electron chi connectivity index (χ0n) is 14.1. The summed E-state index contributed by atoms with van der Waals surface area (Å²) >= 11 is 0. The molecule has 1 saturated heterocycles. The van der Waals surface area contributed by atoms with Crippen LogP contribution in [0.4, 0.5) is 4.79 Å². The number of nitrogens with zero attached hydrogens (tertiary/aromatic N) is 4. The minimum Gasteiger partial charge on any atom is -0.450 e. The van der Waals surface area contributed by atoms with Gasteiger partial charge in [-0.1, -0.05) is 22.9 Å². The fraction of sp³-hybridized carbons (Fsp3) is 0.471. The van der Waals surface area contributed by atoms with E-state index in [0.29, 0.717) is 38.0 Å². The summed E-state index contributed by atoms with van der Waals surface area (Å²) in [6.45, 7) is 7.72. The Labute approximate surface area is 141 Å². The average Bonchev–Trinajstić information content (AvgIpc) is 3.04. The number of carbonyl (C=O) groups is 1. The van der Waals surface area contributed by atoms with Gasteiger partial charge in [0.2, 0.25) is 0 Å². The summed E-state index contributed by atoms with van der Waals surface area (Å²) < 4.78 is 10.4. The van der Waals surface area contributed by atoms with E-state index in [1.165, 1.54) is 0 Å². The van der Waals surface area contributed by atoms with E-state index in [9.17, 15) is 4.79 Å². The topological polar surface area (TPSA) is 71.7 Å². The quantitative estimate of drug-likeness (QED) is 0.857. The van der Waals surface area contributed by atoms with E-state index >= 15 is 0 Å². The molecule has 7 nitrogen and oxygen atoms in total. The molecule has 2 aromatic rings. The van der Waals surface area contributed by atoms with Crippen LogP contribution in [0.2, 0.25) is 0 Å². The second kappa shape index (κ2) is 7.44. The molecule has 2 heterocycles. The van der Waals surface area contributed by atoms with E-state index < -0.39 is 0 Å². The number of hydrogen-bond acceptors (Lipinski definition) is 6. The molecule has 1 aromatic carbocycles. The number of carbonyl (C=O) groups excluding carboxylic acids is 1. The number of amides is 1. The highest BCUT2D eigenvalue weighted by molar-refractivity contribution is 5.67. The average molecular weight is 330 g/mol. The highest BCUT2D eigenvalue weighted by Gasteiger charge is 2.23. The molecule has 3 rings (SSSR count). The monoisotopic (exact) mass is 330 g/mol. The molecule has 1 amide bonds. The molecule has 128 valence electrons. The maximum atomic E-state index is 11.7. The summed E-state index contributed by atoms with van der Waals surface area (Å²) in [4.78, 5) is 20.1. The molecular formula is C17H22N4O3. The third-order valence-electron chi connectivity index (χ3n) is 4.00. The largest absolute Gasteiger partial charge is 0.450 e. The Hall–Kier alpha value is -2.41. The van der Waals surface area contributed by atoms with Gasteiger partial charge in [0, 0.05) is 31.7 Å². The Bertz CT molecular complexity index is 693. The van der Waals surface area contributed by atoms with Crippen molar-refractivity contribution in [3.05, 3.63) is 35.7 Å². The van der Waals surface area contributed by atoms with E-state index in [2.05, 4.69) is 15.0 Å². The minimum atomic E-state index is -0.238. The van der Waals surface area contributed by atoms with Crippen LogP contribution < -0.4 is 0 Å². The summed E-state index contributed by atoms with van der Waals surface area (Å²) in [7, 11) is 0. The highest BCUT2D eigenvalue weighted by atomic mass is 16.6. The molecule has 1 aliphatic rings. The van der Waals surface area contributed by atoms with Gasteiger partial charge in [-0.15, -0.1) is 0 Å². The highest BCUT2D eigenvalue weighted by Crippen LogP contribution is 2.18. The van der Waals surface area contributed by atoms with Crippen molar-refractivity contribution in [3.63, 3.8) is 0 Å². The van der Waals surface area contributed by atoms with Crippen LogP contribution >= 0.6 is 0 Å². The summed E-state index contributed by atoms with van der Waals surface area (Å²) in [5.74, 6) is 1.20. The van der Waals surface area contributed by atoms with Crippen molar-refractivity contribution < 1.29 is 14.1 Å². The van der Waals surface area contributed by atoms with Crippen molar-refractivity contribution in [1.29, 1.82) is 0 Å². The zero-order valence-corrected chi connectivity index (χ0v) is 14.1. The van der Waals surface area contributed by atoms with E-state index in [1.54, 1.807) is 4.90 Å². The van der Waals surface area contributed by atoms with Gasteiger partial charge in [0.15, 0.2) is 5.82 Å². The predicted molar refractivity (Wildman–Crippen MR) is 88.3 cm³/mol. The van der Waals surface area contributed by atoms with Crippen molar-refractivity contribution in [3.8, 4) is 11.5 Å². The lowest BCUT2D eigenvalue weighted by Gasteiger charge is -2.33. The Morgan fingerprint density at radius 1 is 1.29 bits per heavy atom. The molecule has 0 spiro atoms. The van der Waals surface area contributed by atoms with Crippen molar-refractivity contribution >= 4 is 6.09 Å². The first kappa shape index (κ1) is 16.4. The molecule has 1 aromatic heterocycles. The molecule has 0 unspecified atom stereocenters. The fourth-order valence-corrected chi connectivity index (χ4v) is 2.72. The van der Waals surface area contributed by atoms with Gasteiger partial charge in [0.1, 0.15) is 0 Å². The Balaban J connectivity index is 1.56. The summed E-state index contributed by atoms with van der Waals surface area (Å²) in [6, 6.07) is 7.99. The first-order valence-electron chi connectivity index (χ1n) is 8.19. The van der Waals surface area contributed by atoms with Gasteiger partial charge in [-0.2, -0.15) is 4.98 Å². The number of piperazine rings is 1. The molecule has 0 aliphatic carbocycles. The molecule has 0 radical (unpaired) electrons. The number of rotatable bonds is 4. The van der Waals surface area contributed by atoms with Gasteiger partial charge in [-0.25, -0.2) is 4.79 Å². The zero-order chi connectivity index (χ0) is 16.9. The number of ether oxygens (including phenoxy) is 1. The van der Waals surface area contributed by atoms with E-state index in [-0.39, 0.29) is 6.09 Å². The van der Waals surface area contributed by atoms with Crippen molar-refractivity contribution in [2.75, 3.05) is 32.8 Å². The van der Waals surface area contributed by atoms with Crippen LogP contribution in [-0.2, 0) is 11.3 Å². The Kier molecular flexibility index (Phi) is 5.10. The SMILES string of the molecule is CCOC(=O)N1CCN(Cc2noc(-c3cccc(C)c3)n2)CC1. The van der Waals surface area contributed by atoms with Crippen molar-refractivity contribution in [2.24, 2.45) is 0 Å². The van der Waals surface area contributed by atoms with Crippen molar-refractivity contribution in [2.45, 2.75) is 20.4 Å². The molecule has 0 saturated carbocycles. The minimum absolute atomic E-state index is 0.238. The van der Waals surface area contributed by atoms with Crippen LogP contribution in [0.15, 0.2) is 28.8 Å². The standard InChI is InChI=1S/C17H22N4O3/c1-3-23-17(22)21-9-7-20(8-10-21)12-15-18-16(24-19-15)14-6-4-5-13(2)11-14/h4-6,11H,3,7-10,12H2,1-2H3.